The van der Waals surface area contributed by atoms with Crippen LogP contribution in [0.25, 0.3) is 0 Å². The molecule has 0 heterocycles. The number of esters is 1. The Kier molecular flexibility index (Phi) is 6.01. The van der Waals surface area contributed by atoms with Crippen molar-refractivity contribution in [3.63, 3.8) is 0 Å². The average molecular weight is 238 g/mol. The third kappa shape index (κ3) is 4.27. The summed E-state index contributed by atoms with van der Waals surface area (Å²) in [5, 5.41) is -0.0178. The number of rotatable bonds is 6. The van der Waals surface area contributed by atoms with Crippen LogP contribution in [-0.2, 0) is 16.0 Å². The molecule has 2 nitrogen and oxygen atoms in total. The van der Waals surface area contributed by atoms with Crippen LogP contribution in [-0.4, -0.2) is 24.1 Å². The van der Waals surface area contributed by atoms with E-state index in [-0.39, 0.29) is 11.2 Å². The highest BCUT2D eigenvalue weighted by Gasteiger charge is 2.15. The zero-order chi connectivity index (χ0) is 11.8. The molecule has 0 aliphatic rings. The highest BCUT2D eigenvalue weighted by atomic mass is 32.2. The lowest BCUT2D eigenvalue weighted by molar-refractivity contribution is -0.142. The molecule has 1 aromatic carbocycles. The van der Waals surface area contributed by atoms with Crippen LogP contribution in [0, 0.1) is 0 Å². The van der Waals surface area contributed by atoms with Crippen LogP contribution in [0.15, 0.2) is 30.3 Å². The summed E-state index contributed by atoms with van der Waals surface area (Å²) in [5.41, 5.74) is 1.20. The molecule has 1 rings (SSSR count). The molecule has 0 bridgehead atoms. The Morgan fingerprint density at radius 1 is 1.38 bits per heavy atom. The summed E-state index contributed by atoms with van der Waals surface area (Å²) in [7, 11) is 0. The topological polar surface area (TPSA) is 26.3 Å². The predicted molar refractivity (Wildman–Crippen MR) is 68.7 cm³/mol. The summed E-state index contributed by atoms with van der Waals surface area (Å²) in [4.78, 5) is 11.6. The summed E-state index contributed by atoms with van der Waals surface area (Å²) in [6.45, 7) is 2.47. The Balaban J connectivity index is 2.28. The number of hydrogen-bond donors (Lipinski definition) is 0. The van der Waals surface area contributed by atoms with Gasteiger partial charge in [-0.25, -0.2) is 0 Å². The van der Waals surface area contributed by atoms with Gasteiger partial charge >= 0.3 is 5.97 Å². The van der Waals surface area contributed by atoms with Crippen molar-refractivity contribution in [3.05, 3.63) is 35.9 Å². The minimum absolute atomic E-state index is 0.0178. The van der Waals surface area contributed by atoms with Crippen LogP contribution in [0.2, 0.25) is 0 Å². The second-order valence-corrected chi connectivity index (χ2v) is 4.58. The molecule has 0 fully saturated rings. The van der Waals surface area contributed by atoms with Crippen molar-refractivity contribution in [2.75, 3.05) is 12.9 Å². The quantitative estimate of drug-likeness (QED) is 0.713. The predicted octanol–water partition coefficient (Wildman–Crippen LogP) is 2.91. The van der Waals surface area contributed by atoms with Crippen molar-refractivity contribution >= 4 is 17.7 Å². The Morgan fingerprint density at radius 3 is 2.62 bits per heavy atom. The summed E-state index contributed by atoms with van der Waals surface area (Å²) < 4.78 is 5.23. The summed E-state index contributed by atoms with van der Waals surface area (Å²) >= 11 is 1.55. The van der Waals surface area contributed by atoms with Crippen molar-refractivity contribution in [1.82, 2.24) is 0 Å². The molecule has 0 radical (unpaired) electrons. The maximum atomic E-state index is 11.6. The first-order valence-electron chi connectivity index (χ1n) is 5.51. The first-order chi connectivity index (χ1) is 7.77. The van der Waals surface area contributed by atoms with Gasteiger partial charge in [-0.2, -0.15) is 11.8 Å². The van der Waals surface area contributed by atoms with Crippen molar-refractivity contribution in [1.29, 1.82) is 0 Å². The molecule has 0 aliphatic heterocycles. The van der Waals surface area contributed by atoms with Gasteiger partial charge in [0.2, 0.25) is 0 Å². The van der Waals surface area contributed by atoms with Gasteiger partial charge < -0.3 is 4.74 Å². The van der Waals surface area contributed by atoms with E-state index in [1.54, 1.807) is 11.8 Å². The second kappa shape index (κ2) is 7.34. The number of thioether (sulfide) groups is 1. The van der Waals surface area contributed by atoms with Crippen molar-refractivity contribution in [2.24, 2.45) is 0 Å². The monoisotopic (exact) mass is 238 g/mol. The van der Waals surface area contributed by atoms with Gasteiger partial charge in [-0.15, -0.1) is 0 Å². The fourth-order valence-corrected chi connectivity index (χ4v) is 2.03. The van der Waals surface area contributed by atoms with Gasteiger partial charge in [-0.1, -0.05) is 37.3 Å². The normalized spacial score (nSPS) is 12.1. The molecule has 0 saturated heterocycles. The Bertz CT molecular complexity index is 307. The molecule has 88 valence electrons. The molecule has 0 spiro atoms. The lowest BCUT2D eigenvalue weighted by Gasteiger charge is -2.11. The van der Waals surface area contributed by atoms with Gasteiger partial charge in [0.05, 0.1) is 6.61 Å². The van der Waals surface area contributed by atoms with E-state index in [0.29, 0.717) is 6.61 Å². The zero-order valence-electron chi connectivity index (χ0n) is 9.81. The maximum Gasteiger partial charge on any atom is 0.319 e. The van der Waals surface area contributed by atoms with E-state index < -0.39 is 0 Å². The van der Waals surface area contributed by atoms with Gasteiger partial charge in [0.15, 0.2) is 0 Å². The fourth-order valence-electron chi connectivity index (χ4n) is 1.44. The maximum absolute atomic E-state index is 11.6. The van der Waals surface area contributed by atoms with E-state index in [1.165, 1.54) is 5.56 Å². The van der Waals surface area contributed by atoms with Crippen LogP contribution >= 0.6 is 11.8 Å². The molecule has 1 aromatic rings. The third-order valence-corrected chi connectivity index (χ3v) is 3.49. The van der Waals surface area contributed by atoms with E-state index in [9.17, 15) is 4.79 Å². The zero-order valence-corrected chi connectivity index (χ0v) is 10.6. The molecular formula is C13H18O2S. The van der Waals surface area contributed by atoms with Gasteiger partial charge in [0, 0.05) is 6.42 Å². The lowest BCUT2D eigenvalue weighted by atomic mass is 10.2. The van der Waals surface area contributed by atoms with Crippen molar-refractivity contribution in [2.45, 2.75) is 25.0 Å². The molecule has 0 N–H and O–H groups in total. The summed E-state index contributed by atoms with van der Waals surface area (Å²) in [5.74, 6) is -0.0917. The van der Waals surface area contributed by atoms with Crippen molar-refractivity contribution < 1.29 is 9.53 Å². The molecule has 16 heavy (non-hydrogen) atoms. The smallest absolute Gasteiger partial charge is 0.319 e. The van der Waals surface area contributed by atoms with Crippen LogP contribution in [0.5, 0.6) is 0 Å². The number of benzene rings is 1. The molecule has 0 amide bonds. The van der Waals surface area contributed by atoms with Gasteiger partial charge in [-0.3, -0.25) is 4.79 Å². The average Bonchev–Trinajstić information content (AvgIpc) is 2.32. The van der Waals surface area contributed by atoms with E-state index in [2.05, 4.69) is 0 Å². The number of ether oxygens (including phenoxy) is 1. The second-order valence-electron chi connectivity index (χ2n) is 3.54. The Hall–Kier alpha value is -0.960. The van der Waals surface area contributed by atoms with E-state index in [0.717, 1.165) is 12.8 Å². The van der Waals surface area contributed by atoms with E-state index >= 15 is 0 Å². The van der Waals surface area contributed by atoms with Gasteiger partial charge in [0.1, 0.15) is 5.25 Å². The van der Waals surface area contributed by atoms with Crippen LogP contribution in [0.1, 0.15) is 18.9 Å². The molecule has 1 atom stereocenters. The SMILES string of the molecule is CCC(SC)C(=O)OCCc1ccccc1. The van der Waals surface area contributed by atoms with E-state index in [1.807, 2.05) is 43.5 Å². The summed E-state index contributed by atoms with van der Waals surface area (Å²) in [6.07, 6.45) is 3.55. The highest BCUT2D eigenvalue weighted by molar-refractivity contribution is 7.99. The largest absolute Gasteiger partial charge is 0.465 e. The third-order valence-electron chi connectivity index (χ3n) is 2.40. The Labute approximate surface area is 101 Å². The fraction of sp³-hybridized carbons (Fsp3) is 0.462. The van der Waals surface area contributed by atoms with Crippen LogP contribution in [0.4, 0.5) is 0 Å². The first-order valence-corrected chi connectivity index (χ1v) is 6.80. The highest BCUT2D eigenvalue weighted by Crippen LogP contribution is 2.12. The number of hydrogen-bond acceptors (Lipinski definition) is 3. The Morgan fingerprint density at radius 2 is 2.06 bits per heavy atom. The standard InChI is InChI=1S/C13H18O2S/c1-3-12(16-2)13(14)15-10-9-11-7-5-4-6-8-11/h4-8,12H,3,9-10H2,1-2H3. The van der Waals surface area contributed by atoms with Crippen LogP contribution < -0.4 is 0 Å². The van der Waals surface area contributed by atoms with Gasteiger partial charge in [0.25, 0.3) is 0 Å². The summed E-state index contributed by atoms with van der Waals surface area (Å²) in [6, 6.07) is 10.1. The molecule has 0 saturated carbocycles. The van der Waals surface area contributed by atoms with Crippen LogP contribution in [0.3, 0.4) is 0 Å². The molecule has 3 heteroatoms. The van der Waals surface area contributed by atoms with Gasteiger partial charge in [-0.05, 0) is 18.2 Å². The first kappa shape index (κ1) is 13.1. The number of carbonyl (C=O) groups excluding carboxylic acids is 1. The molecular weight excluding hydrogens is 220 g/mol. The molecule has 0 aromatic heterocycles. The molecule has 0 aliphatic carbocycles. The molecule has 1 unspecified atom stereocenters. The van der Waals surface area contributed by atoms with Crippen molar-refractivity contribution in [3.8, 4) is 0 Å². The lowest BCUT2D eigenvalue weighted by Crippen LogP contribution is -2.20. The number of carbonyl (C=O) groups is 1. The minimum atomic E-state index is -0.0917. The minimum Gasteiger partial charge on any atom is -0.465 e. The van der Waals surface area contributed by atoms with E-state index in [4.69, 9.17) is 4.74 Å².